The van der Waals surface area contributed by atoms with Crippen LogP contribution in [-0.4, -0.2) is 35.0 Å². The van der Waals surface area contributed by atoms with Crippen LogP contribution in [0, 0.1) is 11.8 Å². The fourth-order valence-electron chi connectivity index (χ4n) is 1.64. The largest absolute Gasteiger partial charge is 0.481 e. The van der Waals surface area contributed by atoms with Crippen LogP contribution in [0.2, 0.25) is 0 Å². The number of carbonyl (C=O) groups is 2. The molecular weight excluding hydrogens is 206 g/mol. The topological polar surface area (TPSA) is 57.6 Å². The molecule has 0 heterocycles. The summed E-state index contributed by atoms with van der Waals surface area (Å²) in [6.07, 6.45) is 3.92. The lowest BCUT2D eigenvalue weighted by molar-refractivity contribution is -0.143. The van der Waals surface area contributed by atoms with Gasteiger partial charge in [0.05, 0.1) is 5.92 Å². The average molecular weight is 227 g/mol. The second-order valence-electron chi connectivity index (χ2n) is 4.65. The van der Waals surface area contributed by atoms with E-state index in [4.69, 9.17) is 5.11 Å². The minimum Gasteiger partial charge on any atom is -0.481 e. The van der Waals surface area contributed by atoms with Crippen LogP contribution in [-0.2, 0) is 9.59 Å². The molecule has 92 valence electrons. The molecular formula is C12H21NO3. The molecule has 1 aliphatic rings. The molecule has 1 aliphatic carbocycles. The highest BCUT2D eigenvalue weighted by Crippen LogP contribution is 2.31. The van der Waals surface area contributed by atoms with Crippen molar-refractivity contribution in [2.24, 2.45) is 11.8 Å². The predicted octanol–water partition coefficient (Wildman–Crippen LogP) is 1.75. The summed E-state index contributed by atoms with van der Waals surface area (Å²) in [6, 6.07) is 0. The van der Waals surface area contributed by atoms with Crippen LogP contribution >= 0.6 is 0 Å². The van der Waals surface area contributed by atoms with E-state index in [0.29, 0.717) is 13.1 Å². The van der Waals surface area contributed by atoms with Crippen molar-refractivity contribution in [1.82, 2.24) is 4.90 Å². The second-order valence-corrected chi connectivity index (χ2v) is 4.65. The molecule has 0 aliphatic heterocycles. The van der Waals surface area contributed by atoms with Gasteiger partial charge in [0, 0.05) is 19.0 Å². The van der Waals surface area contributed by atoms with Crippen LogP contribution in [0.1, 0.15) is 39.5 Å². The molecule has 0 aromatic rings. The number of hydrogen-bond donors (Lipinski definition) is 1. The van der Waals surface area contributed by atoms with E-state index >= 15 is 0 Å². The number of hydrogen-bond acceptors (Lipinski definition) is 2. The molecule has 0 radical (unpaired) electrons. The molecule has 0 aromatic carbocycles. The smallest absolute Gasteiger partial charge is 0.308 e. The van der Waals surface area contributed by atoms with Crippen LogP contribution in [0.4, 0.5) is 0 Å². The molecule has 0 spiro atoms. The van der Waals surface area contributed by atoms with Gasteiger partial charge in [-0.1, -0.05) is 20.3 Å². The maximum atomic E-state index is 11.9. The Hall–Kier alpha value is -1.06. The van der Waals surface area contributed by atoms with Gasteiger partial charge in [0.25, 0.3) is 0 Å². The molecule has 0 saturated heterocycles. The van der Waals surface area contributed by atoms with Gasteiger partial charge < -0.3 is 10.0 Å². The summed E-state index contributed by atoms with van der Waals surface area (Å²) in [7, 11) is 0. The molecule has 0 aromatic heterocycles. The van der Waals surface area contributed by atoms with Gasteiger partial charge in [0.1, 0.15) is 0 Å². The monoisotopic (exact) mass is 227 g/mol. The van der Waals surface area contributed by atoms with Crippen molar-refractivity contribution in [3.8, 4) is 0 Å². The first-order valence-corrected chi connectivity index (χ1v) is 6.07. The third-order valence-corrected chi connectivity index (χ3v) is 2.94. The number of unbranched alkanes of at least 4 members (excludes halogenated alkanes) is 1. The average Bonchev–Trinajstić information content (AvgIpc) is 3.06. The van der Waals surface area contributed by atoms with Crippen molar-refractivity contribution < 1.29 is 14.7 Å². The summed E-state index contributed by atoms with van der Waals surface area (Å²) in [4.78, 5) is 24.4. The summed E-state index contributed by atoms with van der Waals surface area (Å²) >= 11 is 0. The van der Waals surface area contributed by atoms with E-state index in [1.54, 1.807) is 11.8 Å². The Labute approximate surface area is 96.6 Å². The summed E-state index contributed by atoms with van der Waals surface area (Å²) in [5.41, 5.74) is 0. The normalized spacial score (nSPS) is 16.9. The Morgan fingerprint density at radius 3 is 2.50 bits per heavy atom. The third kappa shape index (κ3) is 3.83. The molecule has 1 rings (SSSR count). The van der Waals surface area contributed by atoms with Crippen LogP contribution in [0.3, 0.4) is 0 Å². The zero-order valence-electron chi connectivity index (χ0n) is 10.1. The fraction of sp³-hybridized carbons (Fsp3) is 0.833. The van der Waals surface area contributed by atoms with Crippen molar-refractivity contribution in [2.45, 2.75) is 39.5 Å². The fourth-order valence-corrected chi connectivity index (χ4v) is 1.64. The summed E-state index contributed by atoms with van der Waals surface area (Å²) < 4.78 is 0. The highest BCUT2D eigenvalue weighted by molar-refractivity contribution is 5.81. The lowest BCUT2D eigenvalue weighted by Gasteiger charge is -2.24. The Morgan fingerprint density at radius 2 is 2.06 bits per heavy atom. The minimum absolute atomic E-state index is 0.154. The number of carboxylic acids is 1. The number of nitrogens with zero attached hydrogens (tertiary/aromatic N) is 1. The van der Waals surface area contributed by atoms with Crippen molar-refractivity contribution in [3.05, 3.63) is 0 Å². The molecule has 1 N–H and O–H groups in total. The number of carboxylic acid groups (broad SMARTS) is 1. The molecule has 1 unspecified atom stereocenters. The maximum absolute atomic E-state index is 11.9. The van der Waals surface area contributed by atoms with Gasteiger partial charge >= 0.3 is 5.97 Å². The van der Waals surface area contributed by atoms with Crippen molar-refractivity contribution in [3.63, 3.8) is 0 Å². The third-order valence-electron chi connectivity index (χ3n) is 2.94. The van der Waals surface area contributed by atoms with Gasteiger partial charge in [-0.3, -0.25) is 9.59 Å². The van der Waals surface area contributed by atoms with Crippen LogP contribution in [0.5, 0.6) is 0 Å². The highest BCUT2D eigenvalue weighted by Gasteiger charge is 2.34. The lowest BCUT2D eigenvalue weighted by atomic mass is 10.1. The highest BCUT2D eigenvalue weighted by atomic mass is 16.4. The summed E-state index contributed by atoms with van der Waals surface area (Å²) in [6.45, 7) is 4.77. The van der Waals surface area contributed by atoms with Crippen LogP contribution in [0.25, 0.3) is 0 Å². The molecule has 4 heteroatoms. The number of carbonyl (C=O) groups excluding carboxylic acids is 1. The quantitative estimate of drug-likeness (QED) is 0.720. The Balaban J connectivity index is 2.48. The number of amides is 1. The summed E-state index contributed by atoms with van der Waals surface area (Å²) in [5, 5.41) is 8.85. The molecule has 4 nitrogen and oxygen atoms in total. The first-order chi connectivity index (χ1) is 7.56. The molecule has 1 fully saturated rings. The van der Waals surface area contributed by atoms with E-state index in [0.717, 1.165) is 25.7 Å². The van der Waals surface area contributed by atoms with Crippen molar-refractivity contribution >= 4 is 11.9 Å². The number of aliphatic carboxylic acids is 1. The van der Waals surface area contributed by atoms with Gasteiger partial charge in [-0.05, 0) is 19.3 Å². The lowest BCUT2D eigenvalue weighted by Crippen LogP contribution is -2.38. The Kier molecular flexibility index (Phi) is 4.77. The van der Waals surface area contributed by atoms with Crippen LogP contribution < -0.4 is 0 Å². The standard InChI is InChI=1S/C12H21NO3/c1-3-4-7-13(8-9(2)12(15)16)11(14)10-5-6-10/h9-10H,3-8H2,1-2H3,(H,15,16). The molecule has 1 saturated carbocycles. The van der Waals surface area contributed by atoms with E-state index in [2.05, 4.69) is 6.92 Å². The second kappa shape index (κ2) is 5.87. The van der Waals surface area contributed by atoms with Gasteiger partial charge in [0.15, 0.2) is 0 Å². The van der Waals surface area contributed by atoms with Gasteiger partial charge in [-0.2, -0.15) is 0 Å². The van der Waals surface area contributed by atoms with Crippen molar-refractivity contribution in [2.75, 3.05) is 13.1 Å². The first-order valence-electron chi connectivity index (χ1n) is 6.07. The van der Waals surface area contributed by atoms with Gasteiger partial charge in [0.2, 0.25) is 5.91 Å². The maximum Gasteiger partial charge on any atom is 0.308 e. The number of rotatable bonds is 7. The SMILES string of the molecule is CCCCN(CC(C)C(=O)O)C(=O)C1CC1. The van der Waals surface area contributed by atoms with E-state index in [1.165, 1.54) is 0 Å². The predicted molar refractivity (Wildman–Crippen MR) is 61.0 cm³/mol. The van der Waals surface area contributed by atoms with E-state index in [-0.39, 0.29) is 11.8 Å². The zero-order chi connectivity index (χ0) is 12.1. The Bertz CT molecular complexity index is 261. The van der Waals surface area contributed by atoms with E-state index in [1.807, 2.05) is 0 Å². The van der Waals surface area contributed by atoms with Gasteiger partial charge in [-0.25, -0.2) is 0 Å². The van der Waals surface area contributed by atoms with E-state index in [9.17, 15) is 9.59 Å². The van der Waals surface area contributed by atoms with Gasteiger partial charge in [-0.15, -0.1) is 0 Å². The molecule has 16 heavy (non-hydrogen) atoms. The molecule has 0 bridgehead atoms. The minimum atomic E-state index is -0.829. The Morgan fingerprint density at radius 1 is 1.44 bits per heavy atom. The first kappa shape index (κ1) is 13.0. The van der Waals surface area contributed by atoms with E-state index < -0.39 is 11.9 Å². The summed E-state index contributed by atoms with van der Waals surface area (Å²) in [5.74, 6) is -0.968. The van der Waals surface area contributed by atoms with Crippen LogP contribution in [0.15, 0.2) is 0 Å². The molecule has 1 amide bonds. The van der Waals surface area contributed by atoms with Crippen molar-refractivity contribution in [1.29, 1.82) is 0 Å². The zero-order valence-corrected chi connectivity index (χ0v) is 10.1. The molecule has 1 atom stereocenters.